The van der Waals surface area contributed by atoms with E-state index in [1.54, 1.807) is 11.0 Å². The van der Waals surface area contributed by atoms with Crippen LogP contribution in [0.3, 0.4) is 0 Å². The first-order valence-electron chi connectivity index (χ1n) is 9.86. The van der Waals surface area contributed by atoms with Crippen LogP contribution in [0.2, 0.25) is 0 Å². The lowest BCUT2D eigenvalue weighted by molar-refractivity contribution is -0.907. The third-order valence-corrected chi connectivity index (χ3v) is 5.68. The fourth-order valence-electron chi connectivity index (χ4n) is 4.15. The number of morpholine rings is 1. The molecule has 1 aromatic rings. The average molecular weight is 383 g/mol. The van der Waals surface area contributed by atoms with E-state index in [9.17, 15) is 9.59 Å². The normalized spacial score (nSPS) is 23.1. The molecule has 1 saturated heterocycles. The summed E-state index contributed by atoms with van der Waals surface area (Å²) in [5, 5.41) is 3.01. The summed E-state index contributed by atoms with van der Waals surface area (Å²) in [6, 6.07) is 9.10. The lowest BCUT2D eigenvalue weighted by Gasteiger charge is -2.33. The number of amides is 3. The van der Waals surface area contributed by atoms with Gasteiger partial charge in [-0.25, -0.2) is 4.79 Å². The molecule has 1 fully saturated rings. The van der Waals surface area contributed by atoms with Gasteiger partial charge in [0, 0.05) is 6.54 Å². The number of quaternary nitrogens is 1. The Morgan fingerprint density at radius 3 is 2.68 bits per heavy atom. The summed E-state index contributed by atoms with van der Waals surface area (Å²) in [6.45, 7) is 9.71. The highest BCUT2D eigenvalue weighted by atomic mass is 16.5. The van der Waals surface area contributed by atoms with Crippen molar-refractivity contribution in [3.05, 3.63) is 59.8 Å². The van der Waals surface area contributed by atoms with Crippen molar-refractivity contribution in [1.82, 2.24) is 15.1 Å². The Labute approximate surface area is 165 Å². The van der Waals surface area contributed by atoms with Gasteiger partial charge in [-0.3, -0.25) is 9.69 Å². The van der Waals surface area contributed by atoms with Crippen LogP contribution >= 0.6 is 0 Å². The van der Waals surface area contributed by atoms with E-state index in [-0.39, 0.29) is 11.9 Å². The molecule has 0 aliphatic carbocycles. The van der Waals surface area contributed by atoms with Crippen LogP contribution in [-0.4, -0.2) is 74.2 Å². The van der Waals surface area contributed by atoms with E-state index in [2.05, 4.69) is 11.9 Å². The third-order valence-electron chi connectivity index (χ3n) is 5.68. The summed E-state index contributed by atoms with van der Waals surface area (Å²) in [7, 11) is 0. The van der Waals surface area contributed by atoms with Crippen LogP contribution in [0.1, 0.15) is 11.6 Å². The SMILES string of the molecule is C=CCN1C(=O)N[C@H](c2ccccc2)C2=C1CN(CC[NH+]1CCOCC1)C2=O. The van der Waals surface area contributed by atoms with Crippen LogP contribution in [0, 0.1) is 0 Å². The Bertz CT molecular complexity index is 786. The Morgan fingerprint density at radius 1 is 1.21 bits per heavy atom. The van der Waals surface area contributed by atoms with Crippen LogP contribution in [0.4, 0.5) is 4.79 Å². The predicted molar refractivity (Wildman–Crippen MR) is 105 cm³/mol. The van der Waals surface area contributed by atoms with Gasteiger partial charge in [0.15, 0.2) is 0 Å². The van der Waals surface area contributed by atoms with Gasteiger partial charge in [0.25, 0.3) is 5.91 Å². The maximum atomic E-state index is 13.3. The molecule has 0 spiro atoms. The molecule has 1 aromatic carbocycles. The maximum Gasteiger partial charge on any atom is 0.322 e. The number of nitrogens with zero attached hydrogens (tertiary/aromatic N) is 2. The summed E-state index contributed by atoms with van der Waals surface area (Å²) in [6.07, 6.45) is 1.69. The van der Waals surface area contributed by atoms with Gasteiger partial charge in [0.1, 0.15) is 13.1 Å². The minimum absolute atomic E-state index is 0.0191. The monoisotopic (exact) mass is 383 g/mol. The quantitative estimate of drug-likeness (QED) is 0.677. The summed E-state index contributed by atoms with van der Waals surface area (Å²) >= 11 is 0. The molecule has 0 radical (unpaired) electrons. The third kappa shape index (κ3) is 3.55. The van der Waals surface area contributed by atoms with Crippen molar-refractivity contribution in [1.29, 1.82) is 0 Å². The lowest BCUT2D eigenvalue weighted by atomic mass is 9.95. The Hall–Kier alpha value is -2.64. The fraction of sp³-hybridized carbons (Fsp3) is 0.429. The molecule has 0 bridgehead atoms. The number of hydrogen-bond donors (Lipinski definition) is 2. The van der Waals surface area contributed by atoms with Crippen molar-refractivity contribution in [2.45, 2.75) is 6.04 Å². The summed E-state index contributed by atoms with van der Waals surface area (Å²) in [5.74, 6) is 0.0191. The maximum absolute atomic E-state index is 13.3. The zero-order chi connectivity index (χ0) is 19.5. The Balaban J connectivity index is 1.57. The molecule has 1 atom stereocenters. The molecule has 3 amide bonds. The highest BCUT2D eigenvalue weighted by Gasteiger charge is 2.43. The number of rotatable bonds is 6. The molecule has 28 heavy (non-hydrogen) atoms. The van der Waals surface area contributed by atoms with Crippen molar-refractivity contribution in [2.75, 3.05) is 52.5 Å². The molecular formula is C21H27N4O3+. The number of hydrogen-bond acceptors (Lipinski definition) is 3. The van der Waals surface area contributed by atoms with Crippen molar-refractivity contribution >= 4 is 11.9 Å². The number of nitrogens with one attached hydrogen (secondary N) is 2. The second-order valence-electron chi connectivity index (χ2n) is 7.39. The first-order valence-corrected chi connectivity index (χ1v) is 9.86. The van der Waals surface area contributed by atoms with Crippen molar-refractivity contribution in [2.24, 2.45) is 0 Å². The van der Waals surface area contributed by atoms with E-state index in [4.69, 9.17) is 4.74 Å². The highest BCUT2D eigenvalue weighted by molar-refractivity contribution is 6.01. The van der Waals surface area contributed by atoms with E-state index in [0.717, 1.165) is 44.1 Å². The molecule has 0 aromatic heterocycles. The Morgan fingerprint density at radius 2 is 1.96 bits per heavy atom. The molecule has 7 heteroatoms. The van der Waals surface area contributed by atoms with Crippen molar-refractivity contribution in [3.63, 3.8) is 0 Å². The van der Waals surface area contributed by atoms with Gasteiger partial charge in [0.05, 0.1) is 50.2 Å². The Kier molecular flexibility index (Phi) is 5.45. The standard InChI is InChI=1S/C21H26N4O3/c1-2-8-25-17-15-24(10-9-23-11-13-28-14-12-23)20(26)18(17)19(22-21(25)27)16-6-4-3-5-7-16/h2-7,19H,1,8-15H2,(H,22,27)/p+1/t19-/m1/s1. The second kappa shape index (κ2) is 8.16. The fourth-order valence-corrected chi connectivity index (χ4v) is 4.15. The summed E-state index contributed by atoms with van der Waals surface area (Å²) in [5.41, 5.74) is 2.42. The molecule has 4 rings (SSSR count). The molecule has 148 valence electrons. The van der Waals surface area contributed by atoms with Crippen molar-refractivity contribution in [3.8, 4) is 0 Å². The van der Waals surface area contributed by atoms with Crippen LogP contribution in [-0.2, 0) is 9.53 Å². The zero-order valence-corrected chi connectivity index (χ0v) is 16.0. The molecule has 0 saturated carbocycles. The zero-order valence-electron chi connectivity index (χ0n) is 16.0. The number of ether oxygens (including phenoxy) is 1. The highest BCUT2D eigenvalue weighted by Crippen LogP contribution is 2.35. The van der Waals surface area contributed by atoms with E-state index in [1.165, 1.54) is 4.90 Å². The smallest absolute Gasteiger partial charge is 0.322 e. The first-order chi connectivity index (χ1) is 13.7. The van der Waals surface area contributed by atoms with Crippen LogP contribution in [0.25, 0.3) is 0 Å². The van der Waals surface area contributed by atoms with Gasteiger partial charge in [-0.05, 0) is 5.56 Å². The second-order valence-corrected chi connectivity index (χ2v) is 7.39. The summed E-state index contributed by atoms with van der Waals surface area (Å²) < 4.78 is 5.41. The van der Waals surface area contributed by atoms with Gasteiger partial charge in [0.2, 0.25) is 0 Å². The molecule has 3 heterocycles. The molecule has 3 aliphatic rings. The summed E-state index contributed by atoms with van der Waals surface area (Å²) in [4.78, 5) is 31.0. The number of benzene rings is 1. The van der Waals surface area contributed by atoms with E-state index in [0.29, 0.717) is 25.2 Å². The van der Waals surface area contributed by atoms with E-state index >= 15 is 0 Å². The molecule has 0 unspecified atom stereocenters. The van der Waals surface area contributed by atoms with E-state index in [1.807, 2.05) is 35.2 Å². The van der Waals surface area contributed by atoms with Crippen LogP contribution in [0.15, 0.2) is 54.3 Å². The minimum atomic E-state index is -0.405. The molecule has 3 aliphatic heterocycles. The van der Waals surface area contributed by atoms with Crippen LogP contribution in [0.5, 0.6) is 0 Å². The predicted octanol–water partition coefficient (Wildman–Crippen LogP) is -0.0497. The van der Waals surface area contributed by atoms with Gasteiger partial charge in [-0.2, -0.15) is 0 Å². The van der Waals surface area contributed by atoms with Gasteiger partial charge < -0.3 is 19.9 Å². The van der Waals surface area contributed by atoms with Crippen LogP contribution < -0.4 is 10.2 Å². The van der Waals surface area contributed by atoms with E-state index < -0.39 is 6.04 Å². The van der Waals surface area contributed by atoms with Gasteiger partial charge in [-0.15, -0.1) is 6.58 Å². The average Bonchev–Trinajstić information content (AvgIpc) is 3.06. The van der Waals surface area contributed by atoms with Gasteiger partial charge in [-0.1, -0.05) is 36.4 Å². The number of urea groups is 1. The largest absolute Gasteiger partial charge is 0.370 e. The number of carbonyl (C=O) groups is 2. The van der Waals surface area contributed by atoms with Gasteiger partial charge >= 0.3 is 6.03 Å². The number of carbonyl (C=O) groups excluding carboxylic acids is 2. The lowest BCUT2D eigenvalue weighted by Crippen LogP contribution is -3.14. The molecule has 7 nitrogen and oxygen atoms in total. The molecule has 2 N–H and O–H groups in total. The van der Waals surface area contributed by atoms with Crippen molar-refractivity contribution < 1.29 is 19.2 Å². The first kappa shape index (κ1) is 18.7. The minimum Gasteiger partial charge on any atom is -0.370 e. The topological polar surface area (TPSA) is 66.3 Å². The molecular weight excluding hydrogens is 356 g/mol.